The maximum atomic E-state index is 11.5. The second kappa shape index (κ2) is 9.99. The van der Waals surface area contributed by atoms with Crippen LogP contribution in [0.4, 0.5) is 0 Å². The van der Waals surface area contributed by atoms with Gasteiger partial charge in [-0.05, 0) is 41.7 Å². The van der Waals surface area contributed by atoms with Gasteiger partial charge in [-0.2, -0.15) is 11.3 Å². The molecule has 1 saturated carbocycles. The predicted molar refractivity (Wildman–Crippen MR) is 98.3 cm³/mol. The number of rotatable bonds is 7. The Labute approximate surface area is 147 Å². The highest BCUT2D eigenvalue weighted by Gasteiger charge is 2.22. The van der Waals surface area contributed by atoms with E-state index in [0.717, 1.165) is 38.3 Å². The van der Waals surface area contributed by atoms with Crippen molar-refractivity contribution in [2.75, 3.05) is 13.6 Å². The summed E-state index contributed by atoms with van der Waals surface area (Å²) in [6.45, 7) is 1.52. The fourth-order valence-corrected chi connectivity index (χ4v) is 2.45. The van der Waals surface area contributed by atoms with E-state index in [1.807, 2.05) is 0 Å². The van der Waals surface area contributed by atoms with E-state index in [2.05, 4.69) is 37.8 Å². The van der Waals surface area contributed by atoms with Gasteiger partial charge in [0.05, 0.1) is 0 Å². The number of carbonyl (C=O) groups excluding carboxylic acids is 1. The molecule has 1 fully saturated rings. The molecule has 21 heavy (non-hydrogen) atoms. The molecule has 3 N–H and O–H groups in total. The van der Waals surface area contributed by atoms with Crippen LogP contribution in [0.3, 0.4) is 0 Å². The van der Waals surface area contributed by atoms with E-state index < -0.39 is 0 Å². The van der Waals surface area contributed by atoms with Gasteiger partial charge < -0.3 is 16.0 Å². The highest BCUT2D eigenvalue weighted by Crippen LogP contribution is 2.18. The summed E-state index contributed by atoms with van der Waals surface area (Å²) in [4.78, 5) is 15.7. The van der Waals surface area contributed by atoms with Crippen LogP contribution in [0.25, 0.3) is 0 Å². The highest BCUT2D eigenvalue weighted by molar-refractivity contribution is 14.0. The average molecular weight is 422 g/mol. The third kappa shape index (κ3) is 7.66. The van der Waals surface area contributed by atoms with Gasteiger partial charge >= 0.3 is 0 Å². The normalized spacial score (nSPS) is 14.2. The van der Waals surface area contributed by atoms with E-state index in [1.165, 1.54) is 5.56 Å². The lowest BCUT2D eigenvalue weighted by molar-refractivity contribution is -0.121. The largest absolute Gasteiger partial charge is 0.356 e. The molecule has 0 radical (unpaired) electrons. The number of hydrogen-bond acceptors (Lipinski definition) is 3. The van der Waals surface area contributed by atoms with E-state index in [9.17, 15) is 4.79 Å². The van der Waals surface area contributed by atoms with Crippen LogP contribution < -0.4 is 16.0 Å². The lowest BCUT2D eigenvalue weighted by Crippen LogP contribution is -2.37. The SMILES string of the molecule is CN=C(NCCCC(=O)NC1CC1)NCc1ccsc1.I. The molecular formula is C14H23IN4OS. The van der Waals surface area contributed by atoms with E-state index >= 15 is 0 Å². The van der Waals surface area contributed by atoms with Crippen LogP contribution in [0, 0.1) is 0 Å². The molecule has 0 aromatic carbocycles. The van der Waals surface area contributed by atoms with Crippen LogP contribution >= 0.6 is 35.3 Å². The van der Waals surface area contributed by atoms with Gasteiger partial charge in [-0.25, -0.2) is 0 Å². The summed E-state index contributed by atoms with van der Waals surface area (Å²) in [6.07, 6.45) is 3.68. The molecule has 1 aromatic rings. The van der Waals surface area contributed by atoms with Gasteiger partial charge in [0, 0.05) is 32.6 Å². The van der Waals surface area contributed by atoms with Crippen molar-refractivity contribution in [3.05, 3.63) is 22.4 Å². The molecule has 0 aliphatic heterocycles. The molecule has 0 saturated heterocycles. The quantitative estimate of drug-likeness (QED) is 0.273. The zero-order valence-corrected chi connectivity index (χ0v) is 15.4. The zero-order chi connectivity index (χ0) is 14.2. The number of guanidine groups is 1. The minimum Gasteiger partial charge on any atom is -0.356 e. The molecule has 1 aliphatic carbocycles. The Morgan fingerprint density at radius 2 is 2.24 bits per heavy atom. The predicted octanol–water partition coefficient (Wildman–Crippen LogP) is 2.09. The molecule has 118 valence electrons. The Bertz CT molecular complexity index is 446. The van der Waals surface area contributed by atoms with Gasteiger partial charge in [-0.1, -0.05) is 0 Å². The summed E-state index contributed by atoms with van der Waals surface area (Å²) in [5.41, 5.74) is 1.25. The first-order valence-electron chi connectivity index (χ1n) is 7.03. The number of hydrogen-bond donors (Lipinski definition) is 3. The molecule has 0 atom stereocenters. The van der Waals surface area contributed by atoms with Crippen molar-refractivity contribution < 1.29 is 4.79 Å². The maximum absolute atomic E-state index is 11.5. The van der Waals surface area contributed by atoms with Crippen LogP contribution in [0.5, 0.6) is 0 Å². The minimum absolute atomic E-state index is 0. The number of aliphatic imine (C=N–C) groups is 1. The molecule has 1 heterocycles. The van der Waals surface area contributed by atoms with Crippen LogP contribution in [0.15, 0.2) is 21.8 Å². The molecule has 0 bridgehead atoms. The molecule has 7 heteroatoms. The number of halogens is 1. The maximum Gasteiger partial charge on any atom is 0.220 e. The van der Waals surface area contributed by atoms with Crippen LogP contribution in [-0.2, 0) is 11.3 Å². The Morgan fingerprint density at radius 1 is 1.43 bits per heavy atom. The first-order chi connectivity index (χ1) is 9.78. The molecular weight excluding hydrogens is 399 g/mol. The van der Waals surface area contributed by atoms with Crippen molar-refractivity contribution in [3.8, 4) is 0 Å². The van der Waals surface area contributed by atoms with Crippen LogP contribution in [0.2, 0.25) is 0 Å². The van der Waals surface area contributed by atoms with Crippen molar-refractivity contribution >= 4 is 47.2 Å². The second-order valence-electron chi connectivity index (χ2n) is 4.93. The summed E-state index contributed by atoms with van der Waals surface area (Å²) in [5.74, 6) is 0.939. The summed E-state index contributed by atoms with van der Waals surface area (Å²) >= 11 is 1.69. The first kappa shape index (κ1) is 18.2. The van der Waals surface area contributed by atoms with Crippen molar-refractivity contribution in [1.82, 2.24) is 16.0 Å². The van der Waals surface area contributed by atoms with Crippen LogP contribution in [0.1, 0.15) is 31.2 Å². The van der Waals surface area contributed by atoms with Gasteiger partial charge in [0.15, 0.2) is 5.96 Å². The number of thiophene rings is 1. The van der Waals surface area contributed by atoms with E-state index in [-0.39, 0.29) is 29.9 Å². The monoisotopic (exact) mass is 422 g/mol. The third-order valence-electron chi connectivity index (χ3n) is 3.08. The summed E-state index contributed by atoms with van der Waals surface area (Å²) < 4.78 is 0. The summed E-state index contributed by atoms with van der Waals surface area (Å²) in [5, 5.41) is 13.6. The fraction of sp³-hybridized carbons (Fsp3) is 0.571. The van der Waals surface area contributed by atoms with Gasteiger partial charge in [0.1, 0.15) is 0 Å². The molecule has 1 amide bonds. The fourth-order valence-electron chi connectivity index (χ4n) is 1.78. The third-order valence-corrected chi connectivity index (χ3v) is 3.81. The van der Waals surface area contributed by atoms with Crippen molar-refractivity contribution in [2.24, 2.45) is 4.99 Å². The highest BCUT2D eigenvalue weighted by atomic mass is 127. The Hall–Kier alpha value is -0.830. The molecule has 2 rings (SSSR count). The minimum atomic E-state index is 0. The van der Waals surface area contributed by atoms with Crippen molar-refractivity contribution in [3.63, 3.8) is 0 Å². The van der Waals surface area contributed by atoms with E-state index in [1.54, 1.807) is 18.4 Å². The van der Waals surface area contributed by atoms with Gasteiger partial charge in [-0.3, -0.25) is 9.79 Å². The van der Waals surface area contributed by atoms with Gasteiger partial charge in [-0.15, -0.1) is 24.0 Å². The number of amides is 1. The van der Waals surface area contributed by atoms with Gasteiger partial charge in [0.2, 0.25) is 5.91 Å². The lowest BCUT2D eigenvalue weighted by Gasteiger charge is -2.11. The van der Waals surface area contributed by atoms with E-state index in [0.29, 0.717) is 12.5 Å². The first-order valence-corrected chi connectivity index (χ1v) is 7.97. The Morgan fingerprint density at radius 3 is 2.86 bits per heavy atom. The second-order valence-corrected chi connectivity index (χ2v) is 5.71. The Kier molecular flexibility index (Phi) is 8.67. The van der Waals surface area contributed by atoms with Gasteiger partial charge in [0.25, 0.3) is 0 Å². The topological polar surface area (TPSA) is 65.5 Å². The molecule has 1 aromatic heterocycles. The van der Waals surface area contributed by atoms with Crippen molar-refractivity contribution in [2.45, 2.75) is 38.3 Å². The summed E-state index contributed by atoms with van der Waals surface area (Å²) in [6, 6.07) is 2.54. The zero-order valence-electron chi connectivity index (χ0n) is 12.2. The smallest absolute Gasteiger partial charge is 0.220 e. The molecule has 0 unspecified atom stereocenters. The van der Waals surface area contributed by atoms with Crippen molar-refractivity contribution in [1.29, 1.82) is 0 Å². The van der Waals surface area contributed by atoms with E-state index in [4.69, 9.17) is 0 Å². The summed E-state index contributed by atoms with van der Waals surface area (Å²) in [7, 11) is 1.75. The van der Waals surface area contributed by atoms with Crippen LogP contribution in [-0.4, -0.2) is 31.5 Å². The number of nitrogens with zero attached hydrogens (tertiary/aromatic N) is 1. The average Bonchev–Trinajstić information content (AvgIpc) is 3.10. The molecule has 0 spiro atoms. The number of carbonyl (C=O) groups is 1. The molecule has 1 aliphatic rings. The molecule has 5 nitrogen and oxygen atoms in total. The Balaban J connectivity index is 0.00000220. The standard InChI is InChI=1S/C14H22N4OS.HI/c1-15-14(17-9-11-6-8-20-10-11)16-7-2-3-13(19)18-12-4-5-12;/h6,8,10,12H,2-5,7,9H2,1H3,(H,18,19)(H2,15,16,17);1H. The lowest BCUT2D eigenvalue weighted by atomic mass is 10.3. The number of nitrogens with one attached hydrogen (secondary N) is 3.